The van der Waals surface area contributed by atoms with Gasteiger partial charge in [0.05, 0.1) is 52.9 Å². The molecular formula is C68H70B4F16N4O8. The third kappa shape index (κ3) is 34.9. The summed E-state index contributed by atoms with van der Waals surface area (Å²) < 4.78 is 212. The van der Waals surface area contributed by atoms with Crippen molar-refractivity contribution < 1.29 is 125 Å². The molecule has 100 heavy (non-hydrogen) atoms. The Kier molecular flexibility index (Phi) is 32.8. The van der Waals surface area contributed by atoms with Gasteiger partial charge in [-0.2, -0.15) is 9.13 Å². The molecule has 0 amide bonds. The van der Waals surface area contributed by atoms with Crippen LogP contribution in [0.1, 0.15) is 11.1 Å². The minimum atomic E-state index is -6.00. The summed E-state index contributed by atoms with van der Waals surface area (Å²) in [5, 5.41) is 4.34. The Morgan fingerprint density at radius 1 is 0.240 bits per heavy atom. The maximum absolute atomic E-state index is 9.75. The van der Waals surface area contributed by atoms with E-state index in [2.05, 4.69) is 201 Å². The fourth-order valence-corrected chi connectivity index (χ4v) is 9.26. The largest absolute Gasteiger partial charge is 0.673 e. The lowest BCUT2D eigenvalue weighted by molar-refractivity contribution is -0.778. The number of halogens is 16. The van der Waals surface area contributed by atoms with Crippen molar-refractivity contribution in [1.82, 2.24) is 0 Å². The van der Waals surface area contributed by atoms with E-state index in [0.717, 1.165) is 47.7 Å². The SMILES string of the molecule is F[B-](F)(F)F.F[B-](F)(F)F.F[B-](F)(F)F.F[B-](F)(F)F.c1ccc(C[n+]2ccc(-c3cc[n+](CC[n+]4ccc(-c5cc[n+](Cc6ccccc6)cc5)cc4)cc3)cc2)cc1.c1ccc2cc3c(cc2c1)OCCOCCOCCOc1cc2ccccc2cc1OCCOCCOCCO3. The van der Waals surface area contributed by atoms with Crippen LogP contribution in [-0.2, 0) is 45.1 Å². The molecule has 0 N–H and O–H groups in total. The first-order valence-corrected chi connectivity index (χ1v) is 31.1. The van der Waals surface area contributed by atoms with Crippen LogP contribution in [-0.4, -0.2) is 108 Å². The monoisotopic (exact) mass is 1420 g/mol. The molecule has 0 spiro atoms. The number of ether oxygens (including phenoxy) is 8. The van der Waals surface area contributed by atoms with E-state index in [9.17, 15) is 69.1 Å². The zero-order valence-corrected chi connectivity index (χ0v) is 53.7. The van der Waals surface area contributed by atoms with Crippen molar-refractivity contribution in [2.45, 2.75) is 26.2 Å². The summed E-state index contributed by atoms with van der Waals surface area (Å²) in [4.78, 5) is 0. The second kappa shape index (κ2) is 41.3. The molecule has 1 aliphatic heterocycles. The van der Waals surface area contributed by atoms with Gasteiger partial charge in [-0.15, -0.1) is 0 Å². The molecule has 10 aromatic rings. The Morgan fingerprint density at radius 2 is 0.430 bits per heavy atom. The molecule has 32 heteroatoms. The zero-order valence-electron chi connectivity index (χ0n) is 53.7. The number of aryl methyl sites for hydroxylation is 2. The van der Waals surface area contributed by atoms with Gasteiger partial charge in [0.15, 0.2) is 85.7 Å². The third-order valence-electron chi connectivity index (χ3n) is 13.6. The van der Waals surface area contributed by atoms with Gasteiger partial charge < -0.3 is 107 Å². The minimum absolute atomic E-state index is 0.399. The highest BCUT2D eigenvalue weighted by Gasteiger charge is 2.23. The summed E-state index contributed by atoms with van der Waals surface area (Å²) >= 11 is 0. The average molecular weight is 1420 g/mol. The highest BCUT2D eigenvalue weighted by atomic mass is 19.5. The van der Waals surface area contributed by atoms with Crippen molar-refractivity contribution in [3.05, 3.63) is 243 Å². The van der Waals surface area contributed by atoms with E-state index < -0.39 is 29.0 Å². The minimum Gasteiger partial charge on any atom is -0.487 e. The van der Waals surface area contributed by atoms with Crippen LogP contribution in [0.4, 0.5) is 69.1 Å². The summed E-state index contributed by atoms with van der Waals surface area (Å²) in [7, 11) is -24.0. The molecule has 0 fully saturated rings. The molecule has 0 saturated carbocycles. The predicted molar refractivity (Wildman–Crippen MR) is 350 cm³/mol. The summed E-state index contributed by atoms with van der Waals surface area (Å²) in [6.45, 7) is 8.81. The summed E-state index contributed by atoms with van der Waals surface area (Å²) in [5.74, 6) is 2.73. The number of fused-ring (bicyclic) bond motifs is 4. The molecule has 1 aliphatic rings. The molecule has 5 heterocycles. The van der Waals surface area contributed by atoms with Crippen LogP contribution in [0.5, 0.6) is 23.0 Å². The Bertz CT molecular complexity index is 3540. The lowest BCUT2D eigenvalue weighted by Crippen LogP contribution is -2.43. The number of rotatable bonds is 9. The molecule has 0 atom stereocenters. The van der Waals surface area contributed by atoms with Crippen LogP contribution < -0.4 is 37.2 Å². The maximum atomic E-state index is 9.75. The lowest BCUT2D eigenvalue weighted by atomic mass is 10.1. The van der Waals surface area contributed by atoms with E-state index in [0.29, 0.717) is 102 Å². The first-order chi connectivity index (χ1) is 47.6. The van der Waals surface area contributed by atoms with Crippen molar-refractivity contribution in [3.8, 4) is 45.3 Å². The smallest absolute Gasteiger partial charge is 0.487 e. The molecule has 11 rings (SSSR count). The summed E-state index contributed by atoms with van der Waals surface area (Å²) in [5.41, 5.74) is 7.53. The number of hydrogen-bond donors (Lipinski definition) is 0. The second-order valence-corrected chi connectivity index (χ2v) is 21.3. The van der Waals surface area contributed by atoms with Crippen molar-refractivity contribution in [3.63, 3.8) is 0 Å². The van der Waals surface area contributed by atoms with Crippen molar-refractivity contribution in [1.29, 1.82) is 0 Å². The Hall–Kier alpha value is -9.38. The Balaban J connectivity index is 0.000000248. The van der Waals surface area contributed by atoms with E-state index in [4.69, 9.17) is 37.9 Å². The van der Waals surface area contributed by atoms with Gasteiger partial charge in [0.25, 0.3) is 0 Å². The fourth-order valence-electron chi connectivity index (χ4n) is 9.26. The van der Waals surface area contributed by atoms with Crippen molar-refractivity contribution in [2.24, 2.45) is 0 Å². The van der Waals surface area contributed by atoms with Crippen LogP contribution in [0, 0.1) is 0 Å². The first kappa shape index (κ1) is 79.6. The molecule has 534 valence electrons. The predicted octanol–water partition coefficient (Wildman–Crippen LogP) is 15.5. The molecule has 6 aromatic carbocycles. The van der Waals surface area contributed by atoms with Crippen molar-refractivity contribution in [2.75, 3.05) is 79.3 Å². The number of pyridine rings is 4. The standard InChI is InChI=1S/C36H34N4.C32H36O8.4BF4/c1-3-7-31(8-4-1)29-39-23-15-35(16-24-39)33-11-19-37(20-12-33)27-28-38-21-13-34(14-22-38)36-17-25-40(26-18-36)30-32-9-5-2-6-10-32;1-2-6-26-22-30-29(21-25(26)5-1)37-17-13-33-9-10-35-15-19-39-31-23-27-7-3-4-8-28(27)24-32(31)40-20-16-36-12-11-34-14-18-38-30;4*2-1(3,4)5/h1-26H,27-30H2;1-8,21-24H,9-20H2;;;;/q+4;;4*-1. The van der Waals surface area contributed by atoms with Crippen LogP contribution in [0.25, 0.3) is 43.8 Å². The van der Waals surface area contributed by atoms with Crippen LogP contribution in [0.3, 0.4) is 0 Å². The normalized spacial score (nSPS) is 13.6. The molecular weight excluding hydrogens is 1350 g/mol. The van der Waals surface area contributed by atoms with Crippen molar-refractivity contribution >= 4 is 50.6 Å². The first-order valence-electron chi connectivity index (χ1n) is 31.1. The summed E-state index contributed by atoms with van der Waals surface area (Å²) in [6, 6.07) is 62.9. The Labute approximate surface area is 567 Å². The van der Waals surface area contributed by atoms with E-state index in [1.54, 1.807) is 0 Å². The van der Waals surface area contributed by atoms with Crippen LogP contribution >= 0.6 is 0 Å². The number of hydrogen-bond acceptors (Lipinski definition) is 8. The number of aromatic nitrogens is 4. The summed E-state index contributed by atoms with van der Waals surface area (Å²) in [6.07, 6.45) is 17.3. The van der Waals surface area contributed by atoms with Gasteiger partial charge in [-0.1, -0.05) is 109 Å². The van der Waals surface area contributed by atoms with E-state index in [-0.39, 0.29) is 0 Å². The highest BCUT2D eigenvalue weighted by Crippen LogP contribution is 2.34. The molecule has 4 aromatic heterocycles. The maximum Gasteiger partial charge on any atom is 0.673 e. The van der Waals surface area contributed by atoms with E-state index in [1.807, 2.05) is 48.5 Å². The molecule has 12 nitrogen and oxygen atoms in total. The Morgan fingerprint density at radius 3 is 0.650 bits per heavy atom. The zero-order chi connectivity index (χ0) is 72.2. The van der Waals surface area contributed by atoms with Gasteiger partial charge in [-0.25, -0.2) is 9.13 Å². The fraction of sp³-hybridized carbons (Fsp3) is 0.235. The highest BCUT2D eigenvalue weighted by molar-refractivity contribution is 6.51. The molecule has 0 bridgehead atoms. The lowest BCUT2D eigenvalue weighted by Gasteiger charge is -2.16. The molecule has 0 saturated heterocycles. The van der Waals surface area contributed by atoms with Gasteiger partial charge in [0.2, 0.25) is 13.1 Å². The van der Waals surface area contributed by atoms with Crippen LogP contribution in [0.15, 0.2) is 232 Å². The number of benzene rings is 6. The second-order valence-electron chi connectivity index (χ2n) is 21.3. The van der Waals surface area contributed by atoms with Gasteiger partial charge >= 0.3 is 29.0 Å². The third-order valence-corrected chi connectivity index (χ3v) is 13.6. The quantitative estimate of drug-likeness (QED) is 0.0802. The van der Waals surface area contributed by atoms with Gasteiger partial charge in [0, 0.05) is 59.7 Å². The molecule has 0 radical (unpaired) electrons. The van der Waals surface area contributed by atoms with E-state index in [1.165, 1.54) is 33.4 Å². The molecule has 0 aliphatic carbocycles. The average Bonchev–Trinajstić information content (AvgIpc) is 0.917. The van der Waals surface area contributed by atoms with Gasteiger partial charge in [-0.3, -0.25) is 0 Å². The molecule has 0 unspecified atom stereocenters. The topological polar surface area (TPSA) is 89.4 Å². The van der Waals surface area contributed by atoms with Gasteiger partial charge in [-0.05, 0) is 68.1 Å². The number of nitrogens with zero attached hydrogens (tertiary/aromatic N) is 4. The van der Waals surface area contributed by atoms with Crippen LogP contribution in [0.2, 0.25) is 0 Å². The van der Waals surface area contributed by atoms with Gasteiger partial charge in [0.1, 0.15) is 26.4 Å². The van der Waals surface area contributed by atoms with E-state index >= 15 is 0 Å².